The number of anilines is 1. The van der Waals surface area contributed by atoms with E-state index in [4.69, 9.17) is 11.6 Å². The third-order valence-corrected chi connectivity index (χ3v) is 5.17. The van der Waals surface area contributed by atoms with Crippen molar-refractivity contribution >= 4 is 34.7 Å². The monoisotopic (exact) mass is 334 g/mol. The Hall–Kier alpha value is -1.52. The standard InChI is InChI=1S/C17H19ClN2OS/c18-13-6-4-7-14(12-13)19-17(21)20-10-3-1-2-8-15(20)16-9-5-11-22-16/h4-7,9,11-12,15H,1-3,8,10H2,(H,19,21). The third kappa shape index (κ3) is 3.62. The van der Waals surface area contributed by atoms with E-state index in [-0.39, 0.29) is 12.1 Å². The highest BCUT2D eigenvalue weighted by Gasteiger charge is 2.27. The van der Waals surface area contributed by atoms with E-state index < -0.39 is 0 Å². The largest absolute Gasteiger partial charge is 0.322 e. The number of carbonyl (C=O) groups is 1. The predicted molar refractivity (Wildman–Crippen MR) is 92.7 cm³/mol. The van der Waals surface area contributed by atoms with Gasteiger partial charge in [0.25, 0.3) is 0 Å². The Labute approximate surface area is 139 Å². The zero-order valence-electron chi connectivity index (χ0n) is 12.3. The van der Waals surface area contributed by atoms with E-state index in [2.05, 4.69) is 22.8 Å². The topological polar surface area (TPSA) is 32.3 Å². The van der Waals surface area contributed by atoms with E-state index in [1.165, 1.54) is 17.7 Å². The van der Waals surface area contributed by atoms with Gasteiger partial charge in [0.05, 0.1) is 6.04 Å². The minimum Gasteiger partial charge on any atom is -0.317 e. The number of urea groups is 1. The zero-order chi connectivity index (χ0) is 15.4. The van der Waals surface area contributed by atoms with Gasteiger partial charge < -0.3 is 10.2 Å². The number of nitrogens with one attached hydrogen (secondary N) is 1. The molecule has 0 bridgehead atoms. The second-order valence-corrected chi connectivity index (χ2v) is 6.93. The van der Waals surface area contributed by atoms with Crippen molar-refractivity contribution in [3.8, 4) is 0 Å². The molecule has 1 aromatic carbocycles. The normalized spacial score (nSPS) is 18.8. The van der Waals surface area contributed by atoms with Gasteiger partial charge in [-0.1, -0.05) is 36.6 Å². The molecule has 1 atom stereocenters. The summed E-state index contributed by atoms with van der Waals surface area (Å²) in [5, 5.41) is 5.68. The van der Waals surface area contributed by atoms with Crippen molar-refractivity contribution in [3.05, 3.63) is 51.7 Å². The maximum absolute atomic E-state index is 12.7. The number of thiophene rings is 1. The first-order valence-corrected chi connectivity index (χ1v) is 8.86. The number of hydrogen-bond donors (Lipinski definition) is 1. The number of likely N-dealkylation sites (tertiary alicyclic amines) is 1. The summed E-state index contributed by atoms with van der Waals surface area (Å²) in [6.45, 7) is 0.801. The Morgan fingerprint density at radius 1 is 1.23 bits per heavy atom. The van der Waals surface area contributed by atoms with Gasteiger partial charge in [0.1, 0.15) is 0 Å². The quantitative estimate of drug-likeness (QED) is 0.767. The molecule has 1 aliphatic heterocycles. The molecule has 5 heteroatoms. The maximum Gasteiger partial charge on any atom is 0.322 e. The molecule has 0 aliphatic carbocycles. The van der Waals surface area contributed by atoms with Crippen molar-refractivity contribution in [1.29, 1.82) is 0 Å². The molecule has 0 radical (unpaired) electrons. The summed E-state index contributed by atoms with van der Waals surface area (Å²) in [4.78, 5) is 16.0. The lowest BCUT2D eigenvalue weighted by Crippen LogP contribution is -2.37. The molecule has 1 unspecified atom stereocenters. The van der Waals surface area contributed by atoms with Gasteiger partial charge in [0.2, 0.25) is 0 Å². The molecule has 1 aliphatic rings. The summed E-state index contributed by atoms with van der Waals surface area (Å²) in [7, 11) is 0. The highest BCUT2D eigenvalue weighted by atomic mass is 35.5. The Bertz CT molecular complexity index is 629. The van der Waals surface area contributed by atoms with Crippen molar-refractivity contribution in [1.82, 2.24) is 4.90 Å². The summed E-state index contributed by atoms with van der Waals surface area (Å²) in [5.41, 5.74) is 0.742. The van der Waals surface area contributed by atoms with Gasteiger partial charge >= 0.3 is 6.03 Å². The second-order valence-electron chi connectivity index (χ2n) is 5.51. The van der Waals surface area contributed by atoms with Crippen LogP contribution in [0.2, 0.25) is 5.02 Å². The summed E-state index contributed by atoms with van der Waals surface area (Å²) < 4.78 is 0. The number of rotatable bonds is 2. The molecule has 0 saturated carbocycles. The molecule has 3 nitrogen and oxygen atoms in total. The van der Waals surface area contributed by atoms with Crippen molar-refractivity contribution in [2.45, 2.75) is 31.7 Å². The van der Waals surface area contributed by atoms with Gasteiger partial charge in [-0.05, 0) is 42.5 Å². The smallest absolute Gasteiger partial charge is 0.317 e. The van der Waals surface area contributed by atoms with Gasteiger partial charge in [-0.2, -0.15) is 0 Å². The van der Waals surface area contributed by atoms with Crippen LogP contribution in [0.3, 0.4) is 0 Å². The first kappa shape index (κ1) is 15.4. The SMILES string of the molecule is O=C(Nc1cccc(Cl)c1)N1CCCCCC1c1cccs1. The molecule has 1 N–H and O–H groups in total. The fraction of sp³-hybridized carbons (Fsp3) is 0.353. The minimum atomic E-state index is -0.0393. The van der Waals surface area contributed by atoms with Crippen LogP contribution in [0, 0.1) is 0 Å². The van der Waals surface area contributed by atoms with Crippen LogP contribution in [-0.2, 0) is 0 Å². The van der Waals surface area contributed by atoms with Crippen LogP contribution >= 0.6 is 22.9 Å². The molecular formula is C17H19ClN2OS. The summed E-state index contributed by atoms with van der Waals surface area (Å²) in [5.74, 6) is 0. The van der Waals surface area contributed by atoms with E-state index in [1.54, 1.807) is 23.5 Å². The summed E-state index contributed by atoms with van der Waals surface area (Å²) in [6, 6.07) is 11.6. The number of hydrogen-bond acceptors (Lipinski definition) is 2. The molecule has 1 fully saturated rings. The number of amides is 2. The molecule has 3 rings (SSSR count). The number of benzene rings is 1. The highest BCUT2D eigenvalue weighted by Crippen LogP contribution is 2.33. The first-order chi connectivity index (χ1) is 10.7. The van der Waals surface area contributed by atoms with Gasteiger partial charge in [-0.15, -0.1) is 11.3 Å². The average Bonchev–Trinajstić information content (AvgIpc) is 2.91. The van der Waals surface area contributed by atoms with Crippen LogP contribution in [0.15, 0.2) is 41.8 Å². The van der Waals surface area contributed by atoms with E-state index in [1.807, 2.05) is 17.0 Å². The zero-order valence-corrected chi connectivity index (χ0v) is 13.9. The summed E-state index contributed by atoms with van der Waals surface area (Å²) in [6.07, 6.45) is 4.45. The van der Waals surface area contributed by atoms with Crippen LogP contribution in [0.5, 0.6) is 0 Å². The van der Waals surface area contributed by atoms with Crippen molar-refractivity contribution in [3.63, 3.8) is 0 Å². The fourth-order valence-corrected chi connectivity index (χ4v) is 3.95. The Morgan fingerprint density at radius 3 is 2.91 bits per heavy atom. The van der Waals surface area contributed by atoms with Crippen LogP contribution < -0.4 is 5.32 Å². The van der Waals surface area contributed by atoms with Crippen LogP contribution in [-0.4, -0.2) is 17.5 Å². The number of carbonyl (C=O) groups excluding carboxylic acids is 1. The van der Waals surface area contributed by atoms with E-state index in [0.717, 1.165) is 25.1 Å². The maximum atomic E-state index is 12.7. The van der Waals surface area contributed by atoms with E-state index in [0.29, 0.717) is 5.02 Å². The molecule has 1 saturated heterocycles. The van der Waals surface area contributed by atoms with Crippen molar-refractivity contribution in [2.24, 2.45) is 0 Å². The molecule has 2 heterocycles. The van der Waals surface area contributed by atoms with Crippen molar-refractivity contribution < 1.29 is 4.79 Å². The van der Waals surface area contributed by atoms with Gasteiger partial charge in [-0.25, -0.2) is 4.79 Å². The highest BCUT2D eigenvalue weighted by molar-refractivity contribution is 7.10. The van der Waals surface area contributed by atoms with Gasteiger partial charge in [0.15, 0.2) is 0 Å². The summed E-state index contributed by atoms with van der Waals surface area (Å²) >= 11 is 7.71. The number of halogens is 1. The number of nitrogens with zero attached hydrogens (tertiary/aromatic N) is 1. The predicted octanol–water partition coefficient (Wildman–Crippen LogP) is 5.55. The minimum absolute atomic E-state index is 0.0393. The first-order valence-electron chi connectivity index (χ1n) is 7.60. The molecule has 0 spiro atoms. The third-order valence-electron chi connectivity index (χ3n) is 3.96. The van der Waals surface area contributed by atoms with Gasteiger partial charge in [0, 0.05) is 22.1 Å². The Balaban J connectivity index is 1.78. The molecular weight excluding hydrogens is 316 g/mol. The Morgan fingerprint density at radius 2 is 2.14 bits per heavy atom. The molecule has 22 heavy (non-hydrogen) atoms. The van der Waals surface area contributed by atoms with Crippen LogP contribution in [0.4, 0.5) is 10.5 Å². The van der Waals surface area contributed by atoms with E-state index >= 15 is 0 Å². The average molecular weight is 335 g/mol. The lowest BCUT2D eigenvalue weighted by molar-refractivity contribution is 0.190. The molecule has 1 aromatic heterocycles. The lowest BCUT2D eigenvalue weighted by Gasteiger charge is -2.29. The molecule has 116 valence electrons. The molecule has 2 amide bonds. The Kier molecular flexibility index (Phi) is 5.01. The van der Waals surface area contributed by atoms with Crippen molar-refractivity contribution in [2.75, 3.05) is 11.9 Å². The van der Waals surface area contributed by atoms with E-state index in [9.17, 15) is 4.79 Å². The fourth-order valence-electron chi connectivity index (χ4n) is 2.89. The second kappa shape index (κ2) is 7.16. The van der Waals surface area contributed by atoms with Crippen LogP contribution in [0.1, 0.15) is 36.6 Å². The molecule has 2 aromatic rings. The lowest BCUT2D eigenvalue weighted by atomic mass is 10.1. The van der Waals surface area contributed by atoms with Gasteiger partial charge in [-0.3, -0.25) is 0 Å². The van der Waals surface area contributed by atoms with Crippen LogP contribution in [0.25, 0.3) is 0 Å².